The van der Waals surface area contributed by atoms with Gasteiger partial charge in [-0.05, 0) is 32.9 Å². The van der Waals surface area contributed by atoms with Crippen molar-refractivity contribution in [3.8, 4) is 0 Å². The Labute approximate surface area is 102 Å². The van der Waals surface area contributed by atoms with Crippen molar-refractivity contribution in [3.05, 3.63) is 23.7 Å². The second kappa shape index (κ2) is 5.37. The predicted octanol–water partition coefficient (Wildman–Crippen LogP) is 2.21. The van der Waals surface area contributed by atoms with E-state index >= 15 is 0 Å². The van der Waals surface area contributed by atoms with Crippen LogP contribution in [0.25, 0.3) is 0 Å². The Morgan fingerprint density at radius 1 is 1.50 bits per heavy atom. The van der Waals surface area contributed by atoms with E-state index in [4.69, 9.17) is 14.9 Å². The van der Waals surface area contributed by atoms with Crippen LogP contribution >= 0.6 is 12.4 Å². The summed E-state index contributed by atoms with van der Waals surface area (Å²) in [6, 6.07) is 3.10. The maximum Gasteiger partial charge on any atom is 0.313 e. The molecule has 0 unspecified atom stereocenters. The highest BCUT2D eigenvalue weighted by Gasteiger charge is 2.38. The number of methoxy groups -OCH3 is 1. The largest absolute Gasteiger partial charge is 0.469 e. The Morgan fingerprint density at radius 3 is 2.44 bits per heavy atom. The van der Waals surface area contributed by atoms with Gasteiger partial charge in [-0.1, -0.05) is 0 Å². The van der Waals surface area contributed by atoms with Gasteiger partial charge in [-0.3, -0.25) is 4.79 Å². The number of carbonyl (C=O) groups is 1. The van der Waals surface area contributed by atoms with Crippen molar-refractivity contribution in [1.29, 1.82) is 0 Å². The lowest BCUT2D eigenvalue weighted by molar-refractivity contribution is -0.152. The number of halogens is 1. The smallest absolute Gasteiger partial charge is 0.313 e. The van der Waals surface area contributed by atoms with E-state index in [1.165, 1.54) is 7.11 Å². The summed E-state index contributed by atoms with van der Waals surface area (Å²) in [4.78, 5) is 11.5. The molecule has 2 N–H and O–H groups in total. The molecule has 0 aliphatic heterocycles. The predicted molar refractivity (Wildman–Crippen MR) is 63.4 cm³/mol. The lowest BCUT2D eigenvalue weighted by atomic mass is 9.83. The fourth-order valence-electron chi connectivity index (χ4n) is 1.37. The van der Waals surface area contributed by atoms with E-state index in [9.17, 15) is 4.79 Å². The molecule has 16 heavy (non-hydrogen) atoms. The van der Waals surface area contributed by atoms with Crippen LogP contribution in [-0.2, 0) is 9.53 Å². The van der Waals surface area contributed by atoms with Gasteiger partial charge in [-0.25, -0.2) is 0 Å². The molecule has 0 radical (unpaired) electrons. The SMILES string of the molecule is COC(=O)C(C)(C)[C@@H](N)c1ccc(C)o1.Cl. The van der Waals surface area contributed by atoms with E-state index in [-0.39, 0.29) is 18.4 Å². The standard InChI is InChI=1S/C11H17NO3.ClH/c1-7-5-6-8(15-7)9(12)11(2,3)10(13)14-4;/h5-6,9H,12H2,1-4H3;1H/t9-;/m0./s1. The number of ether oxygens (including phenoxy) is 1. The maximum atomic E-state index is 11.5. The van der Waals surface area contributed by atoms with Crippen LogP contribution in [-0.4, -0.2) is 13.1 Å². The summed E-state index contributed by atoms with van der Waals surface area (Å²) in [7, 11) is 1.35. The minimum atomic E-state index is -0.793. The average Bonchev–Trinajstić information content (AvgIpc) is 2.62. The topological polar surface area (TPSA) is 65.5 Å². The molecular formula is C11H18ClNO3. The average molecular weight is 248 g/mol. The van der Waals surface area contributed by atoms with Gasteiger partial charge in [0.1, 0.15) is 11.5 Å². The summed E-state index contributed by atoms with van der Waals surface area (Å²) in [5.74, 6) is 1.04. The lowest BCUT2D eigenvalue weighted by Gasteiger charge is -2.26. The monoisotopic (exact) mass is 247 g/mol. The number of carbonyl (C=O) groups excluding carboxylic acids is 1. The molecule has 0 fully saturated rings. The van der Waals surface area contributed by atoms with Gasteiger partial charge in [0.05, 0.1) is 18.6 Å². The summed E-state index contributed by atoms with van der Waals surface area (Å²) in [5.41, 5.74) is 5.18. The van der Waals surface area contributed by atoms with Crippen molar-refractivity contribution in [1.82, 2.24) is 0 Å². The number of aryl methyl sites for hydroxylation is 1. The minimum absolute atomic E-state index is 0. The van der Waals surface area contributed by atoms with Crippen LogP contribution in [0.4, 0.5) is 0 Å². The Bertz CT molecular complexity index is 360. The third kappa shape index (κ3) is 2.77. The molecule has 92 valence electrons. The quantitative estimate of drug-likeness (QED) is 0.832. The molecule has 0 aliphatic rings. The van der Waals surface area contributed by atoms with E-state index in [0.29, 0.717) is 5.76 Å². The molecule has 0 saturated heterocycles. The van der Waals surface area contributed by atoms with Gasteiger partial charge in [0, 0.05) is 0 Å². The number of nitrogens with two attached hydrogens (primary N) is 1. The van der Waals surface area contributed by atoms with Crippen molar-refractivity contribution in [3.63, 3.8) is 0 Å². The van der Waals surface area contributed by atoms with Crippen molar-refractivity contribution in [2.45, 2.75) is 26.8 Å². The van der Waals surface area contributed by atoms with Gasteiger partial charge in [0.2, 0.25) is 0 Å². The molecule has 4 nitrogen and oxygen atoms in total. The van der Waals surface area contributed by atoms with Crippen LogP contribution in [0.2, 0.25) is 0 Å². The number of rotatable bonds is 3. The van der Waals surface area contributed by atoms with Crippen LogP contribution in [0.5, 0.6) is 0 Å². The second-order valence-electron chi connectivity index (χ2n) is 4.14. The molecule has 0 aromatic carbocycles. The third-order valence-electron chi connectivity index (χ3n) is 2.56. The zero-order valence-corrected chi connectivity index (χ0v) is 10.8. The Morgan fingerprint density at radius 2 is 2.06 bits per heavy atom. The summed E-state index contributed by atoms with van der Waals surface area (Å²) < 4.78 is 10.1. The minimum Gasteiger partial charge on any atom is -0.469 e. The van der Waals surface area contributed by atoms with Gasteiger partial charge < -0.3 is 14.9 Å². The molecule has 1 rings (SSSR count). The van der Waals surface area contributed by atoms with Crippen LogP contribution in [0.3, 0.4) is 0 Å². The highest BCUT2D eigenvalue weighted by molar-refractivity contribution is 5.85. The first-order valence-corrected chi connectivity index (χ1v) is 4.80. The highest BCUT2D eigenvalue weighted by atomic mass is 35.5. The molecule has 0 bridgehead atoms. The number of furan rings is 1. The zero-order chi connectivity index (χ0) is 11.6. The van der Waals surface area contributed by atoms with Crippen molar-refractivity contribution >= 4 is 18.4 Å². The molecule has 1 atom stereocenters. The van der Waals surface area contributed by atoms with Crippen molar-refractivity contribution < 1.29 is 13.9 Å². The Balaban J connectivity index is 0.00000225. The Kier molecular flexibility index (Phi) is 5.03. The van der Waals surface area contributed by atoms with Gasteiger partial charge in [-0.15, -0.1) is 12.4 Å². The van der Waals surface area contributed by atoms with E-state index in [0.717, 1.165) is 5.76 Å². The molecule has 1 aromatic heterocycles. The fraction of sp³-hybridized carbons (Fsp3) is 0.545. The van der Waals surface area contributed by atoms with Gasteiger partial charge in [0.25, 0.3) is 0 Å². The third-order valence-corrected chi connectivity index (χ3v) is 2.56. The Hall–Kier alpha value is -1.00. The van der Waals surface area contributed by atoms with E-state index < -0.39 is 11.5 Å². The van der Waals surface area contributed by atoms with Crippen LogP contribution < -0.4 is 5.73 Å². The van der Waals surface area contributed by atoms with Gasteiger partial charge >= 0.3 is 5.97 Å². The van der Waals surface area contributed by atoms with E-state index in [1.807, 2.05) is 13.0 Å². The van der Waals surface area contributed by atoms with Crippen LogP contribution in [0, 0.1) is 12.3 Å². The van der Waals surface area contributed by atoms with E-state index in [2.05, 4.69) is 0 Å². The molecular weight excluding hydrogens is 230 g/mol. The van der Waals surface area contributed by atoms with Crippen molar-refractivity contribution in [2.24, 2.45) is 11.1 Å². The molecule has 1 aromatic rings. The van der Waals surface area contributed by atoms with Gasteiger partial charge in [-0.2, -0.15) is 0 Å². The number of hydrogen-bond donors (Lipinski definition) is 1. The lowest BCUT2D eigenvalue weighted by Crippen LogP contribution is -2.37. The molecule has 1 heterocycles. The molecule has 0 saturated carbocycles. The second-order valence-corrected chi connectivity index (χ2v) is 4.14. The molecule has 0 spiro atoms. The first-order valence-electron chi connectivity index (χ1n) is 4.80. The molecule has 0 aliphatic carbocycles. The normalized spacial score (nSPS) is 12.8. The first-order chi connectivity index (χ1) is 6.89. The molecule has 0 amide bonds. The van der Waals surface area contributed by atoms with E-state index in [1.54, 1.807) is 19.9 Å². The number of hydrogen-bond acceptors (Lipinski definition) is 4. The summed E-state index contributed by atoms with van der Waals surface area (Å²) in [5, 5.41) is 0. The summed E-state index contributed by atoms with van der Waals surface area (Å²) >= 11 is 0. The van der Waals surface area contributed by atoms with Crippen molar-refractivity contribution in [2.75, 3.05) is 7.11 Å². The van der Waals surface area contributed by atoms with Gasteiger partial charge in [0.15, 0.2) is 0 Å². The fourth-order valence-corrected chi connectivity index (χ4v) is 1.37. The zero-order valence-electron chi connectivity index (χ0n) is 9.94. The first kappa shape index (κ1) is 15.0. The summed E-state index contributed by atoms with van der Waals surface area (Å²) in [6.45, 7) is 5.31. The van der Waals surface area contributed by atoms with Crippen LogP contribution in [0.1, 0.15) is 31.4 Å². The highest BCUT2D eigenvalue weighted by Crippen LogP contribution is 2.33. The summed E-state index contributed by atoms with van der Waals surface area (Å²) in [6.07, 6.45) is 0. The maximum absolute atomic E-state index is 11.5. The molecule has 5 heteroatoms. The van der Waals surface area contributed by atoms with Crippen LogP contribution in [0.15, 0.2) is 16.5 Å². The number of esters is 1.